The highest BCUT2D eigenvalue weighted by Gasteiger charge is 2.24. The van der Waals surface area contributed by atoms with Gasteiger partial charge in [0.05, 0.1) is 17.7 Å². The topological polar surface area (TPSA) is 110 Å². The Kier molecular flexibility index (Phi) is 7.03. The van der Waals surface area contributed by atoms with Gasteiger partial charge in [0.15, 0.2) is 16.7 Å². The average molecular weight is 479 g/mol. The number of methoxy groups -OCH3 is 1. The number of carboxylic acids is 1. The number of amidine groups is 1. The molecule has 0 unspecified atom stereocenters. The van der Waals surface area contributed by atoms with Crippen LogP contribution in [0.3, 0.4) is 0 Å². The van der Waals surface area contributed by atoms with E-state index in [1.807, 2.05) is 24.3 Å². The van der Waals surface area contributed by atoms with Crippen LogP contribution in [0.25, 0.3) is 6.08 Å². The third kappa shape index (κ3) is 5.49. The van der Waals surface area contributed by atoms with Crippen molar-refractivity contribution >= 4 is 40.6 Å². The fourth-order valence-corrected chi connectivity index (χ4v) is 4.01. The molecule has 1 saturated heterocycles. The van der Waals surface area contributed by atoms with Crippen LogP contribution in [0.2, 0.25) is 0 Å². The average Bonchev–Trinajstić information content (AvgIpc) is 3.45. The van der Waals surface area contributed by atoms with E-state index in [4.69, 9.17) is 19.0 Å². The Balaban J connectivity index is 1.46. The molecule has 34 heavy (non-hydrogen) atoms. The third-order valence-corrected chi connectivity index (χ3v) is 5.86. The molecular formula is C25H22N2O6S. The predicted molar refractivity (Wildman–Crippen MR) is 130 cm³/mol. The summed E-state index contributed by atoms with van der Waals surface area (Å²) >= 11 is 1.27. The Labute approximate surface area is 200 Å². The number of aromatic carboxylic acids is 1. The van der Waals surface area contributed by atoms with E-state index in [9.17, 15) is 9.59 Å². The lowest BCUT2D eigenvalue weighted by Gasteiger charge is -2.10. The minimum atomic E-state index is -1.14. The summed E-state index contributed by atoms with van der Waals surface area (Å²) in [6.07, 6.45) is 2.71. The molecular weight excluding hydrogens is 456 g/mol. The first-order valence-electron chi connectivity index (χ1n) is 10.5. The van der Waals surface area contributed by atoms with Gasteiger partial charge in [0.25, 0.3) is 5.91 Å². The molecule has 0 saturated carbocycles. The maximum Gasteiger partial charge on any atom is 0.371 e. The molecule has 0 radical (unpaired) electrons. The largest absolute Gasteiger partial charge is 0.493 e. The minimum Gasteiger partial charge on any atom is -0.493 e. The van der Waals surface area contributed by atoms with Gasteiger partial charge in [-0.05, 0) is 71.8 Å². The van der Waals surface area contributed by atoms with Crippen molar-refractivity contribution in [1.29, 1.82) is 0 Å². The highest BCUT2D eigenvalue weighted by Crippen LogP contribution is 2.33. The summed E-state index contributed by atoms with van der Waals surface area (Å²) < 4.78 is 16.3. The molecule has 0 spiro atoms. The highest BCUT2D eigenvalue weighted by atomic mass is 32.2. The third-order valence-electron chi connectivity index (χ3n) is 4.95. The van der Waals surface area contributed by atoms with Crippen LogP contribution in [0.4, 0.5) is 5.69 Å². The first kappa shape index (κ1) is 23.2. The molecule has 1 fully saturated rings. The van der Waals surface area contributed by atoms with E-state index in [1.54, 1.807) is 30.3 Å². The van der Waals surface area contributed by atoms with Gasteiger partial charge < -0.3 is 24.3 Å². The monoisotopic (exact) mass is 478 g/mol. The lowest BCUT2D eigenvalue weighted by molar-refractivity contribution is -0.115. The zero-order valence-corrected chi connectivity index (χ0v) is 19.3. The van der Waals surface area contributed by atoms with Crippen LogP contribution < -0.4 is 14.8 Å². The number of amides is 1. The molecule has 1 aromatic heterocycles. The molecule has 2 heterocycles. The lowest BCUT2D eigenvalue weighted by Crippen LogP contribution is -2.19. The van der Waals surface area contributed by atoms with Gasteiger partial charge in [-0.2, -0.15) is 0 Å². The van der Waals surface area contributed by atoms with Gasteiger partial charge in [-0.15, -0.1) is 0 Å². The summed E-state index contributed by atoms with van der Waals surface area (Å²) in [5.74, 6) is -0.216. The summed E-state index contributed by atoms with van der Waals surface area (Å²) in [6, 6.07) is 16.1. The number of aliphatic imine (C=N–C) groups is 1. The molecule has 1 aliphatic rings. The summed E-state index contributed by atoms with van der Waals surface area (Å²) in [6.45, 7) is 2.13. The first-order chi connectivity index (χ1) is 16.4. The van der Waals surface area contributed by atoms with Gasteiger partial charge in [-0.25, -0.2) is 9.79 Å². The number of carboxylic acid groups (broad SMARTS) is 1. The molecule has 0 atom stereocenters. The van der Waals surface area contributed by atoms with Gasteiger partial charge in [0, 0.05) is 0 Å². The second kappa shape index (κ2) is 10.3. The Morgan fingerprint density at radius 1 is 1.15 bits per heavy atom. The van der Waals surface area contributed by atoms with Crippen molar-refractivity contribution in [3.63, 3.8) is 0 Å². The number of benzene rings is 2. The summed E-state index contributed by atoms with van der Waals surface area (Å²) in [5, 5.41) is 12.3. The van der Waals surface area contributed by atoms with Crippen LogP contribution in [0, 0.1) is 0 Å². The van der Waals surface area contributed by atoms with E-state index >= 15 is 0 Å². The fraction of sp³-hybridized carbons (Fsp3) is 0.160. The van der Waals surface area contributed by atoms with Crippen molar-refractivity contribution in [3.8, 4) is 11.5 Å². The van der Waals surface area contributed by atoms with Gasteiger partial charge in [0.2, 0.25) is 5.76 Å². The molecule has 2 N–H and O–H groups in total. The molecule has 0 aliphatic carbocycles. The van der Waals surface area contributed by atoms with Crippen LogP contribution >= 0.6 is 11.8 Å². The molecule has 8 nitrogen and oxygen atoms in total. The van der Waals surface area contributed by atoms with Crippen LogP contribution in [-0.2, 0) is 17.8 Å². The quantitative estimate of drug-likeness (QED) is 0.438. The van der Waals surface area contributed by atoms with Gasteiger partial charge in [0.1, 0.15) is 12.4 Å². The Hall–Kier alpha value is -3.98. The van der Waals surface area contributed by atoms with Crippen molar-refractivity contribution in [3.05, 3.63) is 82.1 Å². The maximum atomic E-state index is 12.4. The number of thioether (sulfide) groups is 1. The number of hydrogen-bond acceptors (Lipinski definition) is 7. The zero-order chi connectivity index (χ0) is 24.1. The normalized spacial score (nSPS) is 15.5. The predicted octanol–water partition coefficient (Wildman–Crippen LogP) is 5.02. The van der Waals surface area contributed by atoms with E-state index in [1.165, 1.54) is 30.5 Å². The van der Waals surface area contributed by atoms with E-state index in [0.717, 1.165) is 17.7 Å². The van der Waals surface area contributed by atoms with Crippen molar-refractivity contribution in [1.82, 2.24) is 5.32 Å². The molecule has 174 valence electrons. The van der Waals surface area contributed by atoms with Gasteiger partial charge >= 0.3 is 5.97 Å². The van der Waals surface area contributed by atoms with E-state index in [2.05, 4.69) is 17.2 Å². The molecule has 1 aliphatic heterocycles. The van der Waals surface area contributed by atoms with Crippen LogP contribution in [0.15, 0.2) is 68.9 Å². The molecule has 4 rings (SSSR count). The maximum absolute atomic E-state index is 12.4. The number of aryl methyl sites for hydroxylation is 1. The van der Waals surface area contributed by atoms with E-state index in [0.29, 0.717) is 27.3 Å². The summed E-state index contributed by atoms with van der Waals surface area (Å²) in [4.78, 5) is 28.4. The molecule has 0 bridgehead atoms. The number of nitrogens with zero attached hydrogens (tertiary/aromatic N) is 1. The Bertz CT molecular complexity index is 1280. The van der Waals surface area contributed by atoms with Crippen molar-refractivity contribution < 1.29 is 28.6 Å². The number of furan rings is 1. The minimum absolute atomic E-state index is 0.0430. The number of hydrogen-bond donors (Lipinski definition) is 2. The molecule has 2 aromatic carbocycles. The second-order valence-electron chi connectivity index (χ2n) is 7.27. The molecule has 1 amide bonds. The van der Waals surface area contributed by atoms with Crippen molar-refractivity contribution in [2.45, 2.75) is 20.0 Å². The number of nitrogens with one attached hydrogen (secondary N) is 1. The van der Waals surface area contributed by atoms with Gasteiger partial charge in [-0.1, -0.05) is 25.1 Å². The standard InChI is InChI=1S/C25H22N2O6S/c1-3-15-4-7-17(8-5-15)26-25-27-23(28)22(34-25)13-16-6-10-19(21(12-16)31-2)32-14-18-9-11-20(33-18)24(29)30/h4-13H,3,14H2,1-2H3,(H,29,30)(H,26,27,28)/b22-13-. The summed E-state index contributed by atoms with van der Waals surface area (Å²) in [5.41, 5.74) is 2.75. The van der Waals surface area contributed by atoms with E-state index in [-0.39, 0.29) is 18.3 Å². The van der Waals surface area contributed by atoms with Gasteiger partial charge in [-0.3, -0.25) is 4.79 Å². The molecule has 3 aromatic rings. The number of carbonyl (C=O) groups is 2. The SMILES string of the molecule is CCc1ccc(N=C2NC(=O)/C(=C/c3ccc(OCc4ccc(C(=O)O)o4)c(OC)c3)S2)cc1. The molecule has 9 heteroatoms. The number of ether oxygens (including phenoxy) is 2. The number of rotatable bonds is 8. The lowest BCUT2D eigenvalue weighted by atomic mass is 10.2. The second-order valence-corrected chi connectivity index (χ2v) is 8.30. The number of carbonyl (C=O) groups excluding carboxylic acids is 1. The Morgan fingerprint density at radius 3 is 2.62 bits per heavy atom. The highest BCUT2D eigenvalue weighted by molar-refractivity contribution is 8.18. The van der Waals surface area contributed by atoms with Crippen molar-refractivity contribution in [2.24, 2.45) is 4.99 Å². The van der Waals surface area contributed by atoms with E-state index < -0.39 is 5.97 Å². The zero-order valence-electron chi connectivity index (χ0n) is 18.5. The van der Waals surface area contributed by atoms with Crippen LogP contribution in [0.5, 0.6) is 11.5 Å². The first-order valence-corrected chi connectivity index (χ1v) is 11.3. The Morgan fingerprint density at radius 2 is 1.94 bits per heavy atom. The smallest absolute Gasteiger partial charge is 0.371 e. The fourth-order valence-electron chi connectivity index (χ4n) is 3.17. The van der Waals surface area contributed by atoms with Crippen LogP contribution in [-0.4, -0.2) is 29.3 Å². The van der Waals surface area contributed by atoms with Crippen LogP contribution in [0.1, 0.15) is 34.4 Å². The summed E-state index contributed by atoms with van der Waals surface area (Å²) in [7, 11) is 1.51. The van der Waals surface area contributed by atoms with Crippen molar-refractivity contribution in [2.75, 3.05) is 7.11 Å².